The summed E-state index contributed by atoms with van der Waals surface area (Å²) in [6.07, 6.45) is 8.77. The SMILES string of the molecule is Clc1cc(N2CCCCCC2)c2ccncc2n1. The molecule has 1 aliphatic rings. The Labute approximate surface area is 112 Å². The Morgan fingerprint density at radius 3 is 2.67 bits per heavy atom. The molecule has 2 aromatic rings. The molecule has 0 spiro atoms. The molecular formula is C14H16ClN3. The van der Waals surface area contributed by atoms with Crippen molar-refractivity contribution in [3.8, 4) is 0 Å². The molecule has 4 heteroatoms. The van der Waals surface area contributed by atoms with Gasteiger partial charge in [0, 0.05) is 30.4 Å². The molecule has 0 bridgehead atoms. The van der Waals surface area contributed by atoms with Crippen molar-refractivity contribution in [2.75, 3.05) is 18.0 Å². The van der Waals surface area contributed by atoms with Crippen LogP contribution in [0.15, 0.2) is 24.5 Å². The van der Waals surface area contributed by atoms with E-state index in [2.05, 4.69) is 14.9 Å². The lowest BCUT2D eigenvalue weighted by Crippen LogP contribution is -2.24. The predicted octanol–water partition coefficient (Wildman–Crippen LogP) is 3.66. The number of pyridine rings is 2. The minimum absolute atomic E-state index is 0.551. The molecule has 0 aromatic carbocycles. The maximum absolute atomic E-state index is 6.12. The Hall–Kier alpha value is -1.35. The van der Waals surface area contributed by atoms with Crippen LogP contribution in [0.25, 0.3) is 10.9 Å². The third-order valence-electron chi connectivity index (χ3n) is 3.51. The molecular weight excluding hydrogens is 246 g/mol. The van der Waals surface area contributed by atoms with Crippen molar-refractivity contribution in [2.24, 2.45) is 0 Å². The summed E-state index contributed by atoms with van der Waals surface area (Å²) in [6.45, 7) is 2.22. The molecule has 0 unspecified atom stereocenters. The summed E-state index contributed by atoms with van der Waals surface area (Å²) < 4.78 is 0. The van der Waals surface area contributed by atoms with Gasteiger partial charge in [-0.1, -0.05) is 24.4 Å². The molecule has 1 fully saturated rings. The van der Waals surface area contributed by atoms with Gasteiger partial charge in [0.05, 0.1) is 11.7 Å². The van der Waals surface area contributed by atoms with Gasteiger partial charge >= 0.3 is 0 Å². The largest absolute Gasteiger partial charge is 0.371 e. The fourth-order valence-electron chi connectivity index (χ4n) is 2.60. The Morgan fingerprint density at radius 2 is 1.89 bits per heavy atom. The first-order valence-electron chi connectivity index (χ1n) is 6.50. The zero-order valence-electron chi connectivity index (χ0n) is 10.3. The summed E-state index contributed by atoms with van der Waals surface area (Å²) in [5, 5.41) is 1.70. The summed E-state index contributed by atoms with van der Waals surface area (Å²) in [4.78, 5) is 10.9. The summed E-state index contributed by atoms with van der Waals surface area (Å²) in [5.41, 5.74) is 2.08. The number of rotatable bonds is 1. The van der Waals surface area contributed by atoms with E-state index in [0.717, 1.165) is 24.0 Å². The van der Waals surface area contributed by atoms with Gasteiger partial charge in [0.25, 0.3) is 0 Å². The maximum Gasteiger partial charge on any atom is 0.131 e. The number of hydrogen-bond donors (Lipinski definition) is 0. The lowest BCUT2D eigenvalue weighted by Gasteiger charge is -2.24. The van der Waals surface area contributed by atoms with Crippen molar-refractivity contribution in [1.82, 2.24) is 9.97 Å². The number of fused-ring (bicyclic) bond motifs is 1. The molecule has 94 valence electrons. The first kappa shape index (κ1) is 11.7. The molecule has 3 rings (SSSR count). The van der Waals surface area contributed by atoms with E-state index in [9.17, 15) is 0 Å². The van der Waals surface area contributed by atoms with Crippen LogP contribution in [0.1, 0.15) is 25.7 Å². The van der Waals surface area contributed by atoms with Gasteiger partial charge in [-0.25, -0.2) is 4.98 Å². The number of hydrogen-bond acceptors (Lipinski definition) is 3. The van der Waals surface area contributed by atoms with Gasteiger partial charge in [0.2, 0.25) is 0 Å². The molecule has 18 heavy (non-hydrogen) atoms. The maximum atomic E-state index is 6.12. The lowest BCUT2D eigenvalue weighted by atomic mass is 10.2. The van der Waals surface area contributed by atoms with Gasteiger partial charge in [-0.05, 0) is 25.0 Å². The topological polar surface area (TPSA) is 29.0 Å². The molecule has 1 aliphatic heterocycles. The second kappa shape index (κ2) is 5.11. The highest BCUT2D eigenvalue weighted by molar-refractivity contribution is 6.30. The molecule has 0 saturated carbocycles. The minimum Gasteiger partial charge on any atom is -0.371 e. The van der Waals surface area contributed by atoms with Gasteiger partial charge in [-0.3, -0.25) is 4.98 Å². The van der Waals surface area contributed by atoms with Gasteiger partial charge in [-0.15, -0.1) is 0 Å². The van der Waals surface area contributed by atoms with Crippen LogP contribution in [0.4, 0.5) is 5.69 Å². The molecule has 3 nitrogen and oxygen atoms in total. The number of halogens is 1. The second-order valence-electron chi connectivity index (χ2n) is 4.76. The van der Waals surface area contributed by atoms with Crippen LogP contribution < -0.4 is 4.90 Å². The molecule has 2 aromatic heterocycles. The van der Waals surface area contributed by atoms with Crippen LogP contribution in [0.2, 0.25) is 5.15 Å². The number of aromatic nitrogens is 2. The molecule has 0 amide bonds. The monoisotopic (exact) mass is 261 g/mol. The minimum atomic E-state index is 0.551. The molecule has 0 N–H and O–H groups in total. The normalized spacial score (nSPS) is 16.8. The third kappa shape index (κ3) is 2.27. The van der Waals surface area contributed by atoms with E-state index in [1.54, 1.807) is 6.20 Å². The third-order valence-corrected chi connectivity index (χ3v) is 3.70. The van der Waals surface area contributed by atoms with Crippen molar-refractivity contribution >= 4 is 28.2 Å². The van der Waals surface area contributed by atoms with Gasteiger partial charge in [0.1, 0.15) is 5.15 Å². The standard InChI is InChI=1S/C14H16ClN3/c15-14-9-13(18-7-3-1-2-4-8-18)11-5-6-16-10-12(11)17-14/h5-6,9-10H,1-4,7-8H2. The number of nitrogens with zero attached hydrogens (tertiary/aromatic N) is 3. The summed E-state index contributed by atoms with van der Waals surface area (Å²) >= 11 is 6.12. The van der Waals surface area contributed by atoms with Crippen molar-refractivity contribution in [2.45, 2.75) is 25.7 Å². The molecule has 0 aliphatic carbocycles. The van der Waals surface area contributed by atoms with Crippen molar-refractivity contribution in [1.29, 1.82) is 0 Å². The molecule has 3 heterocycles. The quantitative estimate of drug-likeness (QED) is 0.734. The Balaban J connectivity index is 2.08. The Morgan fingerprint density at radius 1 is 1.11 bits per heavy atom. The average Bonchev–Trinajstić information content (AvgIpc) is 2.66. The van der Waals surface area contributed by atoms with Crippen LogP contribution in [0, 0.1) is 0 Å². The van der Waals surface area contributed by atoms with Crippen LogP contribution in [-0.2, 0) is 0 Å². The fraction of sp³-hybridized carbons (Fsp3) is 0.429. The summed E-state index contributed by atoms with van der Waals surface area (Å²) in [5.74, 6) is 0. The van der Waals surface area contributed by atoms with E-state index >= 15 is 0 Å². The van der Waals surface area contributed by atoms with Gasteiger partial charge in [0.15, 0.2) is 0 Å². The van der Waals surface area contributed by atoms with Crippen LogP contribution >= 0.6 is 11.6 Å². The van der Waals surface area contributed by atoms with Crippen molar-refractivity contribution < 1.29 is 0 Å². The highest BCUT2D eigenvalue weighted by Gasteiger charge is 2.14. The van der Waals surface area contributed by atoms with E-state index < -0.39 is 0 Å². The van der Waals surface area contributed by atoms with Gasteiger partial charge in [-0.2, -0.15) is 0 Å². The summed E-state index contributed by atoms with van der Waals surface area (Å²) in [6, 6.07) is 4.01. The van der Waals surface area contributed by atoms with E-state index in [4.69, 9.17) is 11.6 Å². The Kier molecular flexibility index (Phi) is 3.33. The smallest absolute Gasteiger partial charge is 0.131 e. The number of anilines is 1. The highest BCUT2D eigenvalue weighted by atomic mass is 35.5. The first-order valence-corrected chi connectivity index (χ1v) is 6.87. The fourth-order valence-corrected chi connectivity index (χ4v) is 2.80. The first-order chi connectivity index (χ1) is 8.84. The van der Waals surface area contributed by atoms with Crippen LogP contribution in [0.5, 0.6) is 0 Å². The molecule has 0 atom stereocenters. The zero-order chi connectivity index (χ0) is 12.4. The average molecular weight is 262 g/mol. The van der Waals surface area contributed by atoms with Crippen LogP contribution in [0.3, 0.4) is 0 Å². The molecule has 0 radical (unpaired) electrons. The second-order valence-corrected chi connectivity index (χ2v) is 5.15. The zero-order valence-corrected chi connectivity index (χ0v) is 11.0. The Bertz CT molecular complexity index is 548. The van der Waals surface area contributed by atoms with Gasteiger partial charge < -0.3 is 4.90 Å². The van der Waals surface area contributed by atoms with Crippen molar-refractivity contribution in [3.63, 3.8) is 0 Å². The van der Waals surface area contributed by atoms with E-state index in [1.807, 2.05) is 18.3 Å². The van der Waals surface area contributed by atoms with E-state index in [1.165, 1.54) is 31.4 Å². The van der Waals surface area contributed by atoms with Crippen LogP contribution in [-0.4, -0.2) is 23.1 Å². The lowest BCUT2D eigenvalue weighted by molar-refractivity contribution is 0.726. The summed E-state index contributed by atoms with van der Waals surface area (Å²) in [7, 11) is 0. The predicted molar refractivity (Wildman–Crippen MR) is 75.2 cm³/mol. The van der Waals surface area contributed by atoms with E-state index in [0.29, 0.717) is 5.15 Å². The molecule has 1 saturated heterocycles. The highest BCUT2D eigenvalue weighted by Crippen LogP contribution is 2.29. The van der Waals surface area contributed by atoms with Crippen molar-refractivity contribution in [3.05, 3.63) is 29.7 Å². The van der Waals surface area contributed by atoms with E-state index in [-0.39, 0.29) is 0 Å².